The maximum Gasteiger partial charge on any atom is 0.490 e. The number of hydrogen-bond acceptors (Lipinski definition) is 12. The van der Waals surface area contributed by atoms with E-state index in [0.717, 1.165) is 4.57 Å². The summed E-state index contributed by atoms with van der Waals surface area (Å²) in [6.45, 7) is -0.395. The number of aromatic nitrogens is 2. The van der Waals surface area contributed by atoms with Crippen LogP contribution in [0.5, 0.6) is 0 Å². The van der Waals surface area contributed by atoms with E-state index in [1.54, 1.807) is 0 Å². The standard InChI is InChI=1S/C9H17N4O13P3/c10-7-1-2-13(9(14)12-7)8-3-5(6(23-8)4-22-11)24-28(18,19)26-29(20,21)25-27(15,16)17/h1-2,5-6,8H,3-4,11H2,(H,18,19)(H,20,21)(H2,10,12,14)(H2,15,16,17)/t5-,6+,8+/m0/s1. The molecule has 1 aliphatic heterocycles. The Balaban J connectivity index is 2.16. The topological polar surface area (TPSA) is 265 Å². The van der Waals surface area contributed by atoms with Gasteiger partial charge in [-0.15, -0.1) is 0 Å². The number of nitrogens with two attached hydrogens (primary N) is 2. The third-order valence-corrected chi connectivity index (χ3v) is 7.15. The molecule has 0 radical (unpaired) electrons. The molecule has 0 aliphatic carbocycles. The van der Waals surface area contributed by atoms with Gasteiger partial charge in [0.05, 0.1) is 6.61 Å². The van der Waals surface area contributed by atoms with Gasteiger partial charge in [0.1, 0.15) is 24.3 Å². The minimum atomic E-state index is -5.69. The van der Waals surface area contributed by atoms with Crippen molar-refractivity contribution >= 4 is 29.3 Å². The molecule has 2 heterocycles. The molecule has 2 rings (SSSR count). The van der Waals surface area contributed by atoms with Gasteiger partial charge in [0.25, 0.3) is 0 Å². The molecular formula is C9H17N4O13P3. The summed E-state index contributed by atoms with van der Waals surface area (Å²) in [6, 6.07) is 1.29. The predicted molar refractivity (Wildman–Crippen MR) is 90.3 cm³/mol. The zero-order valence-electron chi connectivity index (χ0n) is 14.2. The van der Waals surface area contributed by atoms with Crippen molar-refractivity contribution in [1.82, 2.24) is 9.55 Å². The van der Waals surface area contributed by atoms with E-state index in [2.05, 4.69) is 18.4 Å². The van der Waals surface area contributed by atoms with E-state index < -0.39 is 54.2 Å². The van der Waals surface area contributed by atoms with Crippen molar-refractivity contribution in [2.75, 3.05) is 12.3 Å². The highest BCUT2D eigenvalue weighted by Crippen LogP contribution is 2.67. The Kier molecular flexibility index (Phi) is 7.52. The predicted octanol–water partition coefficient (Wildman–Crippen LogP) is -1.28. The number of nitrogen functional groups attached to an aromatic ring is 1. The summed E-state index contributed by atoms with van der Waals surface area (Å²) in [4.78, 5) is 55.7. The Morgan fingerprint density at radius 3 is 2.41 bits per heavy atom. The number of phosphoric ester groups is 1. The highest BCUT2D eigenvalue weighted by atomic mass is 31.3. The van der Waals surface area contributed by atoms with Crippen LogP contribution >= 0.6 is 23.5 Å². The van der Waals surface area contributed by atoms with E-state index >= 15 is 0 Å². The van der Waals surface area contributed by atoms with Crippen molar-refractivity contribution in [2.24, 2.45) is 5.90 Å². The first-order valence-corrected chi connectivity index (χ1v) is 11.9. The molecular weight excluding hydrogens is 465 g/mol. The Morgan fingerprint density at radius 2 is 1.86 bits per heavy atom. The fourth-order valence-corrected chi connectivity index (χ4v) is 5.57. The summed E-state index contributed by atoms with van der Waals surface area (Å²) in [6.07, 6.45) is -2.64. The molecule has 1 fully saturated rings. The molecule has 0 saturated carbocycles. The lowest BCUT2D eigenvalue weighted by molar-refractivity contribution is -0.0632. The van der Waals surface area contributed by atoms with Crippen molar-refractivity contribution in [1.29, 1.82) is 0 Å². The first kappa shape index (κ1) is 24.2. The van der Waals surface area contributed by atoms with Crippen molar-refractivity contribution in [3.63, 3.8) is 0 Å². The number of phosphoric acid groups is 3. The van der Waals surface area contributed by atoms with Gasteiger partial charge >= 0.3 is 29.2 Å². The molecule has 0 spiro atoms. The molecule has 0 bridgehead atoms. The molecule has 17 nitrogen and oxygen atoms in total. The normalized spacial score (nSPS) is 26.7. The molecule has 5 atom stereocenters. The third kappa shape index (κ3) is 7.31. The summed E-state index contributed by atoms with van der Waals surface area (Å²) < 4.78 is 52.5. The van der Waals surface area contributed by atoms with Gasteiger partial charge in [0.15, 0.2) is 0 Å². The van der Waals surface area contributed by atoms with Crippen LogP contribution in [0.25, 0.3) is 0 Å². The average molecular weight is 482 g/mol. The van der Waals surface area contributed by atoms with E-state index in [0.29, 0.717) is 0 Å². The summed E-state index contributed by atoms with van der Waals surface area (Å²) in [5.74, 6) is 4.89. The molecule has 8 N–H and O–H groups in total. The number of rotatable bonds is 9. The average Bonchev–Trinajstić information content (AvgIpc) is 2.85. The van der Waals surface area contributed by atoms with Gasteiger partial charge < -0.3 is 34.9 Å². The highest BCUT2D eigenvalue weighted by molar-refractivity contribution is 7.66. The maximum atomic E-state index is 12.0. The second-order valence-electron chi connectivity index (χ2n) is 5.48. The first-order valence-electron chi connectivity index (χ1n) is 7.35. The molecule has 1 saturated heterocycles. The van der Waals surface area contributed by atoms with Crippen LogP contribution in [0.1, 0.15) is 12.6 Å². The van der Waals surface area contributed by atoms with E-state index in [9.17, 15) is 28.3 Å². The summed E-state index contributed by atoms with van der Waals surface area (Å²) in [7, 11) is -16.7. The zero-order chi connectivity index (χ0) is 22.0. The van der Waals surface area contributed by atoms with Crippen LogP contribution in [0, 0.1) is 0 Å². The van der Waals surface area contributed by atoms with Crippen LogP contribution in [0.15, 0.2) is 17.1 Å². The molecule has 0 aromatic carbocycles. The van der Waals surface area contributed by atoms with Gasteiger partial charge in [-0.2, -0.15) is 13.6 Å². The van der Waals surface area contributed by atoms with Crippen LogP contribution in [-0.2, 0) is 36.4 Å². The van der Waals surface area contributed by atoms with Crippen LogP contribution in [-0.4, -0.2) is 47.9 Å². The minimum Gasteiger partial charge on any atom is -0.383 e. The summed E-state index contributed by atoms with van der Waals surface area (Å²) in [5, 5.41) is 0. The van der Waals surface area contributed by atoms with Crippen LogP contribution in [0.2, 0.25) is 0 Å². The number of ether oxygens (including phenoxy) is 1. The fraction of sp³-hybridized carbons (Fsp3) is 0.556. The lowest BCUT2D eigenvalue weighted by atomic mass is 10.2. The second kappa shape index (κ2) is 8.99. The number of nitrogens with zero attached hydrogens (tertiary/aromatic N) is 2. The van der Waals surface area contributed by atoms with E-state index in [-0.39, 0.29) is 12.2 Å². The smallest absolute Gasteiger partial charge is 0.383 e. The Hall–Kier alpha value is -1.03. The molecule has 2 unspecified atom stereocenters. The lowest BCUT2D eigenvalue weighted by Crippen LogP contribution is -2.30. The second-order valence-corrected chi connectivity index (χ2v) is 9.85. The third-order valence-electron chi connectivity index (χ3n) is 3.29. The van der Waals surface area contributed by atoms with Crippen molar-refractivity contribution < 1.29 is 56.0 Å². The fourth-order valence-electron chi connectivity index (χ4n) is 2.34. The van der Waals surface area contributed by atoms with Gasteiger partial charge in [-0.3, -0.25) is 9.09 Å². The van der Waals surface area contributed by atoms with E-state index in [1.807, 2.05) is 0 Å². The number of anilines is 1. The largest absolute Gasteiger partial charge is 0.490 e. The molecule has 1 aromatic heterocycles. The van der Waals surface area contributed by atoms with Gasteiger partial charge in [0, 0.05) is 12.6 Å². The molecule has 0 amide bonds. The molecule has 29 heavy (non-hydrogen) atoms. The van der Waals surface area contributed by atoms with Gasteiger partial charge in [-0.25, -0.2) is 24.4 Å². The molecule has 166 valence electrons. The van der Waals surface area contributed by atoms with Crippen molar-refractivity contribution in [2.45, 2.75) is 24.9 Å². The lowest BCUT2D eigenvalue weighted by Gasteiger charge is -2.21. The van der Waals surface area contributed by atoms with E-state index in [1.165, 1.54) is 12.3 Å². The minimum absolute atomic E-state index is 0.0594. The van der Waals surface area contributed by atoms with Crippen LogP contribution < -0.4 is 17.3 Å². The van der Waals surface area contributed by atoms with Crippen LogP contribution in [0.3, 0.4) is 0 Å². The molecule has 1 aromatic rings. The van der Waals surface area contributed by atoms with Crippen molar-refractivity contribution in [3.8, 4) is 0 Å². The zero-order valence-corrected chi connectivity index (χ0v) is 16.8. The van der Waals surface area contributed by atoms with Crippen molar-refractivity contribution in [3.05, 3.63) is 22.7 Å². The van der Waals surface area contributed by atoms with E-state index in [4.69, 9.17) is 30.7 Å². The first-order chi connectivity index (χ1) is 13.2. The Labute approximate surface area is 161 Å². The Bertz CT molecular complexity index is 932. The van der Waals surface area contributed by atoms with Gasteiger partial charge in [0.2, 0.25) is 0 Å². The maximum absolute atomic E-state index is 12.0. The number of hydrogen-bond donors (Lipinski definition) is 6. The summed E-state index contributed by atoms with van der Waals surface area (Å²) in [5.41, 5.74) is 4.58. The van der Waals surface area contributed by atoms with Gasteiger partial charge in [-0.1, -0.05) is 0 Å². The molecule has 1 aliphatic rings. The monoisotopic (exact) mass is 482 g/mol. The molecule has 20 heteroatoms. The highest BCUT2D eigenvalue weighted by Gasteiger charge is 2.46. The Morgan fingerprint density at radius 1 is 1.21 bits per heavy atom. The van der Waals surface area contributed by atoms with Gasteiger partial charge in [-0.05, 0) is 6.07 Å². The SMILES string of the molecule is NOC[C@H]1O[C@@H](n2ccc(N)nc2=O)C[C@@H]1OP(=O)(O)OP(=O)(O)OP(=O)(O)O. The summed E-state index contributed by atoms with van der Waals surface area (Å²) >= 11 is 0. The quantitative estimate of drug-likeness (QED) is 0.177. The van der Waals surface area contributed by atoms with Crippen LogP contribution in [0.4, 0.5) is 5.82 Å².